The molecule has 1 fully saturated rings. The Hall–Kier alpha value is -2.41. The molecule has 0 saturated carbocycles. The highest BCUT2D eigenvalue weighted by Gasteiger charge is 2.38. The van der Waals surface area contributed by atoms with Crippen LogP contribution in [0.15, 0.2) is 41.6 Å². The standard InChI is InChI=1S/C18H25N5O2/c1-20(2)15-7-9-23(16(15)10-14-11-19-21(3)12-14)18(25)13-22-8-5-4-6-17(22)24/h4-6,8,11-12,15-16H,7,9-10,13H2,1-3H3/t15-,16+/m1/s1. The molecule has 3 rings (SSSR count). The van der Waals surface area contributed by atoms with E-state index in [0.29, 0.717) is 12.6 Å². The average molecular weight is 343 g/mol. The van der Waals surface area contributed by atoms with Gasteiger partial charge in [0.15, 0.2) is 0 Å². The molecule has 134 valence electrons. The monoisotopic (exact) mass is 343 g/mol. The van der Waals surface area contributed by atoms with Crippen LogP contribution in [0.25, 0.3) is 0 Å². The maximum Gasteiger partial charge on any atom is 0.250 e. The summed E-state index contributed by atoms with van der Waals surface area (Å²) in [4.78, 5) is 28.9. The van der Waals surface area contributed by atoms with Gasteiger partial charge in [-0.2, -0.15) is 5.10 Å². The van der Waals surface area contributed by atoms with Gasteiger partial charge in [-0.05, 0) is 38.6 Å². The van der Waals surface area contributed by atoms with Crippen molar-refractivity contribution in [3.05, 3.63) is 52.7 Å². The summed E-state index contributed by atoms with van der Waals surface area (Å²) in [5.41, 5.74) is 0.971. The first-order valence-electron chi connectivity index (χ1n) is 8.54. The van der Waals surface area contributed by atoms with Crippen LogP contribution in [0, 0.1) is 0 Å². The van der Waals surface area contributed by atoms with Gasteiger partial charge in [0.2, 0.25) is 5.91 Å². The van der Waals surface area contributed by atoms with Gasteiger partial charge in [0.1, 0.15) is 6.54 Å². The molecule has 0 radical (unpaired) electrons. The van der Waals surface area contributed by atoms with Gasteiger partial charge in [-0.15, -0.1) is 0 Å². The summed E-state index contributed by atoms with van der Waals surface area (Å²) in [6.45, 7) is 0.803. The zero-order valence-electron chi connectivity index (χ0n) is 15.0. The van der Waals surface area contributed by atoms with E-state index in [1.54, 1.807) is 23.0 Å². The lowest BCUT2D eigenvalue weighted by atomic mass is 10.0. The molecule has 7 nitrogen and oxygen atoms in total. The molecule has 7 heteroatoms. The fourth-order valence-corrected chi connectivity index (χ4v) is 3.64. The fraction of sp³-hybridized carbons (Fsp3) is 0.500. The number of pyridine rings is 1. The molecule has 1 aliphatic rings. The van der Waals surface area contributed by atoms with E-state index in [1.807, 2.05) is 24.3 Å². The lowest BCUT2D eigenvalue weighted by molar-refractivity contribution is -0.133. The van der Waals surface area contributed by atoms with Crippen LogP contribution in [-0.2, 0) is 24.8 Å². The number of carbonyl (C=O) groups is 1. The van der Waals surface area contributed by atoms with Crippen LogP contribution < -0.4 is 5.56 Å². The van der Waals surface area contributed by atoms with Crippen molar-refractivity contribution in [2.75, 3.05) is 20.6 Å². The van der Waals surface area contributed by atoms with Gasteiger partial charge < -0.3 is 14.4 Å². The van der Waals surface area contributed by atoms with Crippen LogP contribution >= 0.6 is 0 Å². The highest BCUT2D eigenvalue weighted by molar-refractivity contribution is 5.77. The van der Waals surface area contributed by atoms with Gasteiger partial charge in [-0.25, -0.2) is 0 Å². The largest absolute Gasteiger partial charge is 0.336 e. The molecule has 2 aromatic heterocycles. The minimum absolute atomic E-state index is 0.00783. The van der Waals surface area contributed by atoms with Gasteiger partial charge in [0.05, 0.1) is 12.2 Å². The van der Waals surface area contributed by atoms with Crippen molar-refractivity contribution in [2.24, 2.45) is 7.05 Å². The van der Waals surface area contributed by atoms with Gasteiger partial charge in [0.25, 0.3) is 5.56 Å². The van der Waals surface area contributed by atoms with E-state index >= 15 is 0 Å². The van der Waals surface area contributed by atoms with Gasteiger partial charge >= 0.3 is 0 Å². The molecular weight excluding hydrogens is 318 g/mol. The summed E-state index contributed by atoms with van der Waals surface area (Å²) < 4.78 is 3.25. The molecule has 0 bridgehead atoms. The Bertz CT molecular complexity index is 795. The second-order valence-electron chi connectivity index (χ2n) is 6.87. The molecular formula is C18H25N5O2. The lowest BCUT2D eigenvalue weighted by Gasteiger charge is -2.31. The Morgan fingerprint density at radius 2 is 2.16 bits per heavy atom. The number of hydrogen-bond donors (Lipinski definition) is 0. The molecule has 1 aliphatic heterocycles. The van der Waals surface area contributed by atoms with E-state index in [1.165, 1.54) is 10.6 Å². The number of likely N-dealkylation sites (N-methyl/N-ethyl adjacent to an activating group) is 1. The van der Waals surface area contributed by atoms with Crippen molar-refractivity contribution < 1.29 is 4.79 Å². The van der Waals surface area contributed by atoms with Crippen LogP contribution in [0.3, 0.4) is 0 Å². The van der Waals surface area contributed by atoms with Gasteiger partial charge in [-0.3, -0.25) is 14.3 Å². The SMILES string of the molecule is CN(C)[C@@H]1CCN(C(=O)Cn2ccccc2=O)[C@H]1Cc1cnn(C)c1. The summed E-state index contributed by atoms with van der Waals surface area (Å²) in [5.74, 6) is -0.00783. The second-order valence-corrected chi connectivity index (χ2v) is 6.87. The fourth-order valence-electron chi connectivity index (χ4n) is 3.64. The van der Waals surface area contributed by atoms with Crippen molar-refractivity contribution >= 4 is 5.91 Å². The Balaban J connectivity index is 1.79. The normalized spacial score (nSPS) is 20.4. The summed E-state index contributed by atoms with van der Waals surface area (Å²) in [6.07, 6.45) is 7.22. The zero-order chi connectivity index (χ0) is 18.0. The van der Waals surface area contributed by atoms with Gasteiger partial charge in [-0.1, -0.05) is 6.07 Å². The molecule has 1 amide bonds. The van der Waals surface area contributed by atoms with Crippen molar-refractivity contribution in [1.29, 1.82) is 0 Å². The highest BCUT2D eigenvalue weighted by atomic mass is 16.2. The number of amides is 1. The third-order valence-corrected chi connectivity index (χ3v) is 4.90. The van der Waals surface area contributed by atoms with Crippen LogP contribution in [-0.4, -0.2) is 62.8 Å². The third-order valence-electron chi connectivity index (χ3n) is 4.90. The number of aryl methyl sites for hydroxylation is 1. The Kier molecular flexibility index (Phi) is 5.03. The topological polar surface area (TPSA) is 63.4 Å². The second kappa shape index (κ2) is 7.23. The van der Waals surface area contributed by atoms with E-state index < -0.39 is 0 Å². The Labute approximate surface area is 147 Å². The third kappa shape index (κ3) is 3.82. The molecule has 1 saturated heterocycles. The lowest BCUT2D eigenvalue weighted by Crippen LogP contribution is -2.47. The first-order valence-corrected chi connectivity index (χ1v) is 8.54. The van der Waals surface area contributed by atoms with Crippen molar-refractivity contribution in [1.82, 2.24) is 24.1 Å². The van der Waals surface area contributed by atoms with E-state index in [9.17, 15) is 9.59 Å². The van der Waals surface area contributed by atoms with Crippen molar-refractivity contribution in [3.8, 4) is 0 Å². The summed E-state index contributed by atoms with van der Waals surface area (Å²) in [5, 5.41) is 4.23. The number of carbonyl (C=O) groups excluding carboxylic acids is 1. The molecule has 0 aliphatic carbocycles. The molecule has 2 atom stereocenters. The average Bonchev–Trinajstić information content (AvgIpc) is 3.16. The predicted molar refractivity (Wildman–Crippen MR) is 95.2 cm³/mol. The Morgan fingerprint density at radius 3 is 2.80 bits per heavy atom. The quantitative estimate of drug-likeness (QED) is 0.786. The zero-order valence-corrected chi connectivity index (χ0v) is 15.0. The molecule has 0 spiro atoms. The van der Waals surface area contributed by atoms with E-state index in [2.05, 4.69) is 24.1 Å². The molecule has 0 aromatic carbocycles. The number of likely N-dealkylation sites (tertiary alicyclic amines) is 1. The smallest absolute Gasteiger partial charge is 0.250 e. The first kappa shape index (κ1) is 17.4. The van der Waals surface area contributed by atoms with Crippen LogP contribution in [0.2, 0.25) is 0 Å². The van der Waals surface area contributed by atoms with E-state index in [-0.39, 0.29) is 24.1 Å². The van der Waals surface area contributed by atoms with Crippen LogP contribution in [0.5, 0.6) is 0 Å². The Morgan fingerprint density at radius 1 is 1.36 bits per heavy atom. The molecule has 0 N–H and O–H groups in total. The minimum Gasteiger partial charge on any atom is -0.336 e. The first-order chi connectivity index (χ1) is 12.0. The van der Waals surface area contributed by atoms with Gasteiger partial charge in [0, 0.05) is 38.1 Å². The highest BCUT2D eigenvalue weighted by Crippen LogP contribution is 2.25. The summed E-state index contributed by atoms with van der Waals surface area (Å²) in [7, 11) is 6.00. The number of hydrogen-bond acceptors (Lipinski definition) is 4. The molecule has 2 aromatic rings. The predicted octanol–water partition coefficient (Wildman–Crippen LogP) is 0.356. The van der Waals surface area contributed by atoms with E-state index in [0.717, 1.165) is 18.4 Å². The van der Waals surface area contributed by atoms with Crippen LogP contribution in [0.4, 0.5) is 0 Å². The number of nitrogens with zero attached hydrogens (tertiary/aromatic N) is 5. The number of aromatic nitrogens is 3. The maximum absolute atomic E-state index is 12.9. The molecule has 0 unspecified atom stereocenters. The summed E-state index contributed by atoms with van der Waals surface area (Å²) >= 11 is 0. The molecule has 3 heterocycles. The van der Waals surface area contributed by atoms with Crippen molar-refractivity contribution in [3.63, 3.8) is 0 Å². The molecule has 25 heavy (non-hydrogen) atoms. The minimum atomic E-state index is -0.150. The van der Waals surface area contributed by atoms with Crippen LogP contribution in [0.1, 0.15) is 12.0 Å². The maximum atomic E-state index is 12.9. The summed E-state index contributed by atoms with van der Waals surface area (Å²) in [6, 6.07) is 5.33. The number of rotatable bonds is 5. The van der Waals surface area contributed by atoms with Crippen molar-refractivity contribution in [2.45, 2.75) is 31.5 Å². The van der Waals surface area contributed by atoms with E-state index in [4.69, 9.17) is 0 Å².